The van der Waals surface area contributed by atoms with Gasteiger partial charge in [0.05, 0.1) is 5.69 Å². The summed E-state index contributed by atoms with van der Waals surface area (Å²) >= 11 is 0. The number of aromatic nitrogens is 2. The molecule has 106 valence electrons. The number of carbonyl (C=O) groups excluding carboxylic acids is 2. The van der Waals surface area contributed by atoms with E-state index in [0.717, 1.165) is 11.4 Å². The van der Waals surface area contributed by atoms with E-state index >= 15 is 0 Å². The summed E-state index contributed by atoms with van der Waals surface area (Å²) in [5.41, 5.74) is 0.904. The molecule has 0 radical (unpaired) electrons. The minimum atomic E-state index is -0.701. The number of alkyl carbamates (subject to hydrolysis) is 1. The third kappa shape index (κ3) is 4.39. The van der Waals surface area contributed by atoms with Crippen LogP contribution in [0.3, 0.4) is 0 Å². The van der Waals surface area contributed by atoms with Gasteiger partial charge in [0.1, 0.15) is 11.6 Å². The molecule has 1 N–H and O–H groups in total. The number of aryl methyl sites for hydroxylation is 2. The monoisotopic (exact) mass is 267 g/mol. The van der Waals surface area contributed by atoms with Crippen molar-refractivity contribution in [2.45, 2.75) is 53.2 Å². The first kappa shape index (κ1) is 15.2. The number of carbonyl (C=O) groups is 2. The molecule has 6 heteroatoms. The third-order valence-electron chi connectivity index (χ3n) is 2.32. The topological polar surface area (TPSA) is 73.2 Å². The standard InChI is InChI=1S/C13H21N3O3/c1-8-7-9(2)16(15-8)11(17)10(3)14-12(18)19-13(4,5)6/h7,10H,1-6H3,(H,14,18)/t10-/m1/s1. The summed E-state index contributed by atoms with van der Waals surface area (Å²) in [5, 5.41) is 6.59. The quantitative estimate of drug-likeness (QED) is 0.890. The molecule has 0 saturated carbocycles. The van der Waals surface area contributed by atoms with Gasteiger partial charge in [0, 0.05) is 5.69 Å². The second-order valence-electron chi connectivity index (χ2n) is 5.55. The van der Waals surface area contributed by atoms with E-state index in [1.807, 2.05) is 6.92 Å². The first-order valence-corrected chi connectivity index (χ1v) is 6.17. The molecule has 0 aliphatic carbocycles. The maximum absolute atomic E-state index is 12.1. The average Bonchev–Trinajstić information content (AvgIpc) is 2.53. The normalized spacial score (nSPS) is 12.9. The van der Waals surface area contributed by atoms with E-state index in [2.05, 4.69) is 10.4 Å². The van der Waals surface area contributed by atoms with Crippen LogP contribution >= 0.6 is 0 Å². The highest BCUT2D eigenvalue weighted by Crippen LogP contribution is 2.07. The Morgan fingerprint density at radius 1 is 1.37 bits per heavy atom. The first-order valence-electron chi connectivity index (χ1n) is 6.17. The van der Waals surface area contributed by atoms with E-state index in [-0.39, 0.29) is 5.91 Å². The number of nitrogens with one attached hydrogen (secondary N) is 1. The third-order valence-corrected chi connectivity index (χ3v) is 2.32. The van der Waals surface area contributed by atoms with Crippen LogP contribution in [-0.4, -0.2) is 33.4 Å². The van der Waals surface area contributed by atoms with Crippen LogP contribution in [0.2, 0.25) is 0 Å². The van der Waals surface area contributed by atoms with Crippen molar-refractivity contribution in [1.29, 1.82) is 0 Å². The molecular weight excluding hydrogens is 246 g/mol. The zero-order valence-corrected chi connectivity index (χ0v) is 12.3. The molecule has 0 saturated heterocycles. The fourth-order valence-electron chi connectivity index (χ4n) is 1.58. The number of ether oxygens (including phenoxy) is 1. The molecule has 0 aliphatic rings. The average molecular weight is 267 g/mol. The molecule has 0 aliphatic heterocycles. The van der Waals surface area contributed by atoms with Gasteiger partial charge in [-0.05, 0) is 47.6 Å². The Morgan fingerprint density at radius 2 is 1.95 bits per heavy atom. The zero-order chi connectivity index (χ0) is 14.8. The van der Waals surface area contributed by atoms with E-state index in [9.17, 15) is 9.59 Å². The van der Waals surface area contributed by atoms with Gasteiger partial charge in [-0.3, -0.25) is 4.79 Å². The summed E-state index contributed by atoms with van der Waals surface area (Å²) in [6.45, 7) is 10.5. The highest BCUT2D eigenvalue weighted by atomic mass is 16.6. The molecule has 6 nitrogen and oxygen atoms in total. The molecule has 0 aromatic carbocycles. The van der Waals surface area contributed by atoms with Crippen LogP contribution in [0.25, 0.3) is 0 Å². The molecular formula is C13H21N3O3. The summed E-state index contributed by atoms with van der Waals surface area (Å²) in [5.74, 6) is -0.295. The van der Waals surface area contributed by atoms with Gasteiger partial charge in [0.2, 0.25) is 0 Å². The van der Waals surface area contributed by atoms with E-state index in [4.69, 9.17) is 4.74 Å². The Hall–Kier alpha value is -1.85. The number of rotatable bonds is 2. The van der Waals surface area contributed by atoms with E-state index in [0.29, 0.717) is 0 Å². The van der Waals surface area contributed by atoms with Gasteiger partial charge in [0.25, 0.3) is 5.91 Å². The van der Waals surface area contributed by atoms with Crippen LogP contribution in [0.1, 0.15) is 43.9 Å². The lowest BCUT2D eigenvalue weighted by Crippen LogP contribution is -2.44. The van der Waals surface area contributed by atoms with Gasteiger partial charge < -0.3 is 10.1 Å². The summed E-state index contributed by atoms with van der Waals surface area (Å²) in [4.78, 5) is 23.7. The maximum Gasteiger partial charge on any atom is 0.408 e. The van der Waals surface area contributed by atoms with Crippen LogP contribution in [0, 0.1) is 13.8 Å². The van der Waals surface area contributed by atoms with Crippen molar-refractivity contribution in [3.63, 3.8) is 0 Å². The van der Waals surface area contributed by atoms with Gasteiger partial charge in [0.15, 0.2) is 0 Å². The molecule has 1 heterocycles. The molecule has 19 heavy (non-hydrogen) atoms. The van der Waals surface area contributed by atoms with Crippen molar-refractivity contribution in [3.8, 4) is 0 Å². The highest BCUT2D eigenvalue weighted by molar-refractivity contribution is 5.87. The Labute approximate surface area is 113 Å². The second kappa shape index (κ2) is 5.42. The molecule has 1 amide bonds. The number of nitrogens with zero attached hydrogens (tertiary/aromatic N) is 2. The number of amides is 1. The van der Waals surface area contributed by atoms with E-state index < -0.39 is 17.7 Å². The van der Waals surface area contributed by atoms with Crippen LogP contribution in [0.4, 0.5) is 4.79 Å². The van der Waals surface area contributed by atoms with Crippen molar-refractivity contribution in [1.82, 2.24) is 15.1 Å². The summed E-state index contributed by atoms with van der Waals surface area (Å²) in [6.07, 6.45) is -0.616. The van der Waals surface area contributed by atoms with Crippen molar-refractivity contribution < 1.29 is 14.3 Å². The molecule has 1 rings (SSSR count). The van der Waals surface area contributed by atoms with Gasteiger partial charge in [-0.1, -0.05) is 0 Å². The maximum atomic E-state index is 12.1. The van der Waals surface area contributed by atoms with Gasteiger partial charge in [-0.25, -0.2) is 9.48 Å². The molecule has 1 atom stereocenters. The summed E-state index contributed by atoms with van der Waals surface area (Å²) in [7, 11) is 0. The summed E-state index contributed by atoms with van der Waals surface area (Å²) < 4.78 is 6.39. The SMILES string of the molecule is Cc1cc(C)n(C(=O)[C@@H](C)NC(=O)OC(C)(C)C)n1. The Kier molecular flexibility index (Phi) is 4.34. The lowest BCUT2D eigenvalue weighted by atomic mass is 10.2. The lowest BCUT2D eigenvalue weighted by Gasteiger charge is -2.21. The van der Waals surface area contributed by atoms with Crippen LogP contribution in [-0.2, 0) is 4.74 Å². The molecule has 1 aromatic rings. The predicted octanol–water partition coefficient (Wildman–Crippen LogP) is 2.05. The van der Waals surface area contributed by atoms with Gasteiger partial charge in [-0.15, -0.1) is 0 Å². The van der Waals surface area contributed by atoms with Crippen LogP contribution in [0.15, 0.2) is 6.07 Å². The predicted molar refractivity (Wildman–Crippen MR) is 71.2 cm³/mol. The van der Waals surface area contributed by atoms with Crippen molar-refractivity contribution in [2.24, 2.45) is 0 Å². The van der Waals surface area contributed by atoms with Crippen molar-refractivity contribution in [3.05, 3.63) is 17.5 Å². The second-order valence-corrected chi connectivity index (χ2v) is 5.55. The van der Waals surface area contributed by atoms with Crippen molar-refractivity contribution in [2.75, 3.05) is 0 Å². The Morgan fingerprint density at radius 3 is 2.37 bits per heavy atom. The van der Waals surface area contributed by atoms with Crippen molar-refractivity contribution >= 4 is 12.0 Å². The smallest absolute Gasteiger partial charge is 0.408 e. The minimum absolute atomic E-state index is 0.295. The fourth-order valence-corrected chi connectivity index (χ4v) is 1.58. The number of hydrogen-bond donors (Lipinski definition) is 1. The van der Waals surface area contributed by atoms with Gasteiger partial charge >= 0.3 is 6.09 Å². The zero-order valence-electron chi connectivity index (χ0n) is 12.3. The molecule has 0 fully saturated rings. The first-order chi connectivity index (χ1) is 8.60. The molecule has 1 aromatic heterocycles. The van der Waals surface area contributed by atoms with Crippen LogP contribution < -0.4 is 5.32 Å². The lowest BCUT2D eigenvalue weighted by molar-refractivity contribution is 0.0486. The Bertz CT molecular complexity index is 486. The van der Waals surface area contributed by atoms with E-state index in [1.165, 1.54) is 4.68 Å². The fraction of sp³-hybridized carbons (Fsp3) is 0.615. The largest absolute Gasteiger partial charge is 0.444 e. The summed E-state index contributed by atoms with van der Waals surface area (Å²) in [6, 6.07) is 1.10. The van der Waals surface area contributed by atoms with Gasteiger partial charge in [-0.2, -0.15) is 5.10 Å². The molecule has 0 unspecified atom stereocenters. The molecule has 0 spiro atoms. The molecule has 0 bridgehead atoms. The minimum Gasteiger partial charge on any atom is -0.444 e. The van der Waals surface area contributed by atoms with E-state index in [1.54, 1.807) is 40.7 Å². The highest BCUT2D eigenvalue weighted by Gasteiger charge is 2.23. The Balaban J connectivity index is 2.68. The van der Waals surface area contributed by atoms with Crippen LogP contribution in [0.5, 0.6) is 0 Å². The number of hydrogen-bond acceptors (Lipinski definition) is 4.